The summed E-state index contributed by atoms with van der Waals surface area (Å²) in [5.74, 6) is -0.864. The fraction of sp³-hybridized carbons (Fsp3) is 0.0500. The van der Waals surface area contributed by atoms with E-state index in [2.05, 4.69) is 10.6 Å². The molecule has 0 saturated carbocycles. The average Bonchev–Trinajstić information content (AvgIpc) is 3.06. The van der Waals surface area contributed by atoms with Gasteiger partial charge in [0.05, 0.1) is 5.56 Å². The maximum Gasteiger partial charge on any atom is 0.197 e. The Morgan fingerprint density at radius 1 is 1.04 bits per heavy atom. The molecule has 1 unspecified atom stereocenters. The molecule has 0 aromatic heterocycles. The number of benzene rings is 2. The lowest BCUT2D eigenvalue weighted by atomic mass is 9.89. The first-order chi connectivity index (χ1) is 12.1. The SMILES string of the molecule is O=C(C1=CNC2NC=CC(c3ccc(Cl)cc3)=C12)c1ccccc1F. The molecule has 0 spiro atoms. The van der Waals surface area contributed by atoms with Gasteiger partial charge < -0.3 is 10.6 Å². The average molecular weight is 353 g/mol. The zero-order valence-corrected chi connectivity index (χ0v) is 13.8. The highest BCUT2D eigenvalue weighted by Crippen LogP contribution is 2.34. The summed E-state index contributed by atoms with van der Waals surface area (Å²) >= 11 is 5.97. The highest BCUT2D eigenvalue weighted by molar-refractivity contribution is 6.30. The second kappa shape index (κ2) is 6.22. The van der Waals surface area contributed by atoms with E-state index in [0.29, 0.717) is 10.6 Å². The van der Waals surface area contributed by atoms with E-state index in [1.54, 1.807) is 30.5 Å². The zero-order chi connectivity index (χ0) is 17.4. The number of hydrogen-bond acceptors (Lipinski definition) is 3. The van der Waals surface area contributed by atoms with E-state index in [1.165, 1.54) is 12.1 Å². The molecule has 4 rings (SSSR count). The van der Waals surface area contributed by atoms with E-state index in [9.17, 15) is 9.18 Å². The van der Waals surface area contributed by atoms with Crippen molar-refractivity contribution >= 4 is 23.0 Å². The zero-order valence-electron chi connectivity index (χ0n) is 13.1. The number of allylic oxidation sites excluding steroid dienone is 2. The number of carbonyl (C=O) groups is 1. The molecule has 5 heteroatoms. The van der Waals surface area contributed by atoms with Gasteiger partial charge in [0, 0.05) is 22.4 Å². The monoisotopic (exact) mass is 352 g/mol. The van der Waals surface area contributed by atoms with E-state index in [0.717, 1.165) is 16.7 Å². The van der Waals surface area contributed by atoms with Crippen molar-refractivity contribution in [1.29, 1.82) is 0 Å². The molecule has 0 aliphatic carbocycles. The number of Topliss-reactive ketones (excluding diaryl/α,β-unsaturated/α-hetero) is 1. The summed E-state index contributed by atoms with van der Waals surface area (Å²) in [5.41, 5.74) is 3.17. The van der Waals surface area contributed by atoms with Crippen molar-refractivity contribution in [2.45, 2.75) is 6.17 Å². The minimum atomic E-state index is -0.523. The summed E-state index contributed by atoms with van der Waals surface area (Å²) in [6.45, 7) is 0. The van der Waals surface area contributed by atoms with Crippen LogP contribution in [0.15, 0.2) is 78.2 Å². The van der Waals surface area contributed by atoms with Gasteiger partial charge in [0.25, 0.3) is 0 Å². The molecule has 0 amide bonds. The molecule has 2 aliphatic heterocycles. The lowest BCUT2D eigenvalue weighted by molar-refractivity contribution is 0.103. The molecule has 25 heavy (non-hydrogen) atoms. The summed E-state index contributed by atoms with van der Waals surface area (Å²) < 4.78 is 14.1. The molecule has 1 atom stereocenters. The number of carbonyl (C=O) groups excluding carboxylic acids is 1. The summed E-state index contributed by atoms with van der Waals surface area (Å²) in [5, 5.41) is 6.95. The van der Waals surface area contributed by atoms with Gasteiger partial charge in [-0.25, -0.2) is 4.39 Å². The molecule has 2 N–H and O–H groups in total. The van der Waals surface area contributed by atoms with Gasteiger partial charge in [-0.05, 0) is 47.7 Å². The van der Waals surface area contributed by atoms with E-state index < -0.39 is 5.82 Å². The van der Waals surface area contributed by atoms with Gasteiger partial charge in [-0.15, -0.1) is 0 Å². The predicted octanol–water partition coefficient (Wildman–Crippen LogP) is 4.05. The Bertz CT molecular complexity index is 944. The third kappa shape index (κ3) is 2.75. The number of halogens is 2. The van der Waals surface area contributed by atoms with E-state index in [1.807, 2.05) is 24.4 Å². The van der Waals surface area contributed by atoms with Crippen molar-refractivity contribution in [3.8, 4) is 0 Å². The lowest BCUT2D eigenvalue weighted by Crippen LogP contribution is -2.37. The number of ketones is 1. The van der Waals surface area contributed by atoms with E-state index >= 15 is 0 Å². The van der Waals surface area contributed by atoms with Crippen LogP contribution in [0.3, 0.4) is 0 Å². The quantitative estimate of drug-likeness (QED) is 0.819. The normalized spacial score (nSPS) is 18.3. The molecule has 0 saturated heterocycles. The summed E-state index contributed by atoms with van der Waals surface area (Å²) in [7, 11) is 0. The van der Waals surface area contributed by atoms with Gasteiger partial charge in [0.1, 0.15) is 12.0 Å². The Labute approximate surface area is 149 Å². The number of nitrogens with one attached hydrogen (secondary N) is 2. The molecule has 0 fully saturated rings. The molecular formula is C20H14ClFN2O. The van der Waals surface area contributed by atoms with Crippen molar-refractivity contribution in [3.05, 3.63) is 100 Å². The van der Waals surface area contributed by atoms with Crippen LogP contribution in [0.25, 0.3) is 5.57 Å². The van der Waals surface area contributed by atoms with Gasteiger partial charge in [-0.1, -0.05) is 35.9 Å². The predicted molar refractivity (Wildman–Crippen MR) is 96.4 cm³/mol. The van der Waals surface area contributed by atoms with Crippen LogP contribution in [0, 0.1) is 5.82 Å². The standard InChI is InChI=1S/C20H14ClFN2O/c21-13-7-5-12(6-8-13)14-9-10-23-20-18(14)16(11-24-20)19(25)15-3-1-2-4-17(15)22/h1-11,20,23-24H. The first kappa shape index (κ1) is 15.7. The van der Waals surface area contributed by atoms with Crippen LogP contribution in [0.2, 0.25) is 5.02 Å². The second-order valence-electron chi connectivity index (χ2n) is 5.80. The Hall–Kier alpha value is -2.85. The van der Waals surface area contributed by atoms with Gasteiger partial charge in [-0.2, -0.15) is 0 Å². The number of rotatable bonds is 3. The van der Waals surface area contributed by atoms with Crippen LogP contribution < -0.4 is 10.6 Å². The van der Waals surface area contributed by atoms with Gasteiger partial charge >= 0.3 is 0 Å². The Balaban J connectivity index is 1.81. The van der Waals surface area contributed by atoms with Gasteiger partial charge in [-0.3, -0.25) is 4.79 Å². The Morgan fingerprint density at radius 3 is 2.56 bits per heavy atom. The molecule has 2 aromatic carbocycles. The van der Waals surface area contributed by atoms with Crippen LogP contribution in [-0.2, 0) is 0 Å². The molecule has 0 bridgehead atoms. The largest absolute Gasteiger partial charge is 0.368 e. The van der Waals surface area contributed by atoms with Crippen LogP contribution in [0.1, 0.15) is 15.9 Å². The first-order valence-corrected chi connectivity index (χ1v) is 8.21. The Morgan fingerprint density at radius 2 is 1.80 bits per heavy atom. The lowest BCUT2D eigenvalue weighted by Gasteiger charge is -2.23. The van der Waals surface area contributed by atoms with Gasteiger partial charge in [0.2, 0.25) is 0 Å². The molecule has 2 heterocycles. The maximum atomic E-state index is 14.1. The molecular weight excluding hydrogens is 339 g/mol. The minimum absolute atomic E-state index is 0.0636. The number of hydrogen-bond donors (Lipinski definition) is 2. The number of dihydropyridines is 1. The molecule has 2 aromatic rings. The molecule has 124 valence electrons. The topological polar surface area (TPSA) is 41.1 Å². The van der Waals surface area contributed by atoms with Crippen LogP contribution >= 0.6 is 11.6 Å². The first-order valence-electron chi connectivity index (χ1n) is 7.83. The second-order valence-corrected chi connectivity index (χ2v) is 6.24. The van der Waals surface area contributed by atoms with Crippen molar-refractivity contribution in [2.24, 2.45) is 0 Å². The fourth-order valence-electron chi connectivity index (χ4n) is 3.09. The third-order valence-corrected chi connectivity index (χ3v) is 4.55. The van der Waals surface area contributed by atoms with Gasteiger partial charge in [0.15, 0.2) is 5.78 Å². The Kier molecular flexibility index (Phi) is 3.90. The summed E-state index contributed by atoms with van der Waals surface area (Å²) in [6.07, 6.45) is 5.16. The van der Waals surface area contributed by atoms with Crippen LogP contribution in [-0.4, -0.2) is 11.9 Å². The summed E-state index contributed by atoms with van der Waals surface area (Å²) in [6, 6.07) is 13.4. The van der Waals surface area contributed by atoms with E-state index in [-0.39, 0.29) is 17.5 Å². The third-order valence-electron chi connectivity index (χ3n) is 4.29. The van der Waals surface area contributed by atoms with Crippen LogP contribution in [0.5, 0.6) is 0 Å². The summed E-state index contributed by atoms with van der Waals surface area (Å²) in [4.78, 5) is 12.9. The highest BCUT2D eigenvalue weighted by atomic mass is 35.5. The fourth-order valence-corrected chi connectivity index (χ4v) is 3.22. The van der Waals surface area contributed by atoms with Crippen molar-refractivity contribution < 1.29 is 9.18 Å². The number of fused-ring (bicyclic) bond motifs is 1. The molecule has 2 aliphatic rings. The highest BCUT2D eigenvalue weighted by Gasteiger charge is 2.32. The smallest absolute Gasteiger partial charge is 0.197 e. The van der Waals surface area contributed by atoms with E-state index in [4.69, 9.17) is 11.6 Å². The molecule has 0 radical (unpaired) electrons. The van der Waals surface area contributed by atoms with Crippen molar-refractivity contribution in [2.75, 3.05) is 0 Å². The minimum Gasteiger partial charge on any atom is -0.368 e. The maximum absolute atomic E-state index is 14.1. The van der Waals surface area contributed by atoms with Crippen molar-refractivity contribution in [1.82, 2.24) is 10.6 Å². The van der Waals surface area contributed by atoms with Crippen molar-refractivity contribution in [3.63, 3.8) is 0 Å². The molecule has 3 nitrogen and oxygen atoms in total. The van der Waals surface area contributed by atoms with Crippen LogP contribution in [0.4, 0.5) is 4.39 Å².